The Bertz CT molecular complexity index is 2170. The average Bonchev–Trinajstić information content (AvgIpc) is 3.30. The van der Waals surface area contributed by atoms with Gasteiger partial charge in [0, 0.05) is 18.6 Å². The van der Waals surface area contributed by atoms with Crippen molar-refractivity contribution in [1.82, 2.24) is 47.9 Å². The number of carboxylic acid groups (broad SMARTS) is 4. The van der Waals surface area contributed by atoms with Gasteiger partial charge in [-0.25, -0.2) is 4.79 Å². The molecule has 0 aliphatic carbocycles. The van der Waals surface area contributed by atoms with E-state index in [1.165, 1.54) is 13.8 Å². The third kappa shape index (κ3) is 23.6. The summed E-state index contributed by atoms with van der Waals surface area (Å²) in [6.45, 7) is 2.44. The summed E-state index contributed by atoms with van der Waals surface area (Å²) in [5.74, 6) is -17.9. The number of thiol groups is 1. The second kappa shape index (κ2) is 31.4. The zero-order valence-corrected chi connectivity index (χ0v) is 40.2. The van der Waals surface area contributed by atoms with E-state index >= 15 is 0 Å². The minimum atomic E-state index is -1.97. The van der Waals surface area contributed by atoms with Gasteiger partial charge in [0.1, 0.15) is 42.3 Å². The number of primary amides is 1. The lowest BCUT2D eigenvalue weighted by Crippen LogP contribution is -2.60. The van der Waals surface area contributed by atoms with Crippen molar-refractivity contribution in [3.63, 3.8) is 0 Å². The van der Waals surface area contributed by atoms with E-state index in [9.17, 15) is 87.5 Å². The van der Waals surface area contributed by atoms with Crippen LogP contribution in [0.1, 0.15) is 64.9 Å². The van der Waals surface area contributed by atoms with Gasteiger partial charge in [0.2, 0.25) is 59.1 Å². The third-order valence-corrected chi connectivity index (χ3v) is 10.6. The summed E-state index contributed by atoms with van der Waals surface area (Å²) in [6, 6.07) is -4.37. The first-order valence-electron chi connectivity index (χ1n) is 21.9. The molecule has 398 valence electrons. The molecule has 0 heterocycles. The quantitative estimate of drug-likeness (QED) is 0.0291. The molecule has 0 aliphatic rings. The Morgan fingerprint density at radius 1 is 0.556 bits per heavy atom. The largest absolute Gasteiger partial charge is 0.481 e. The predicted molar refractivity (Wildman–Crippen MR) is 249 cm³/mol. The van der Waals surface area contributed by atoms with Gasteiger partial charge in [0.15, 0.2) is 0 Å². The highest BCUT2D eigenvalue weighted by Gasteiger charge is 2.35. The third-order valence-electron chi connectivity index (χ3n) is 10.2. The molecule has 0 saturated heterocycles. The van der Waals surface area contributed by atoms with Crippen molar-refractivity contribution in [1.29, 1.82) is 0 Å². The number of amides is 10. The molecular formula is C42H61N11O18S. The maximum Gasteiger partial charge on any atom is 0.326 e. The normalized spacial score (nSPS) is 14.5. The van der Waals surface area contributed by atoms with Gasteiger partial charge in [-0.2, -0.15) is 12.6 Å². The number of carboxylic acids is 4. The molecule has 29 nitrogen and oxygen atoms in total. The minimum absolute atomic E-state index is 0.0963. The number of hydrogen-bond donors (Lipinski definition) is 16. The van der Waals surface area contributed by atoms with E-state index in [4.69, 9.17) is 11.5 Å². The number of benzene rings is 1. The fraction of sp³-hybridized carbons (Fsp3) is 0.524. The van der Waals surface area contributed by atoms with Crippen molar-refractivity contribution < 1.29 is 87.5 Å². The molecule has 0 spiro atoms. The van der Waals surface area contributed by atoms with Crippen LogP contribution >= 0.6 is 12.6 Å². The molecule has 1 aromatic carbocycles. The number of rotatable bonds is 33. The molecule has 0 aliphatic heterocycles. The van der Waals surface area contributed by atoms with Crippen molar-refractivity contribution in [3.8, 4) is 0 Å². The summed E-state index contributed by atoms with van der Waals surface area (Å²) in [7, 11) is 0. The Morgan fingerprint density at radius 3 is 1.53 bits per heavy atom. The van der Waals surface area contributed by atoms with Crippen LogP contribution in [0.25, 0.3) is 0 Å². The van der Waals surface area contributed by atoms with Crippen molar-refractivity contribution in [2.75, 3.05) is 18.8 Å². The van der Waals surface area contributed by atoms with Crippen LogP contribution < -0.4 is 59.3 Å². The molecule has 10 amide bonds. The zero-order chi connectivity index (χ0) is 54.8. The second-order valence-electron chi connectivity index (χ2n) is 16.1. The molecular weight excluding hydrogens is 979 g/mol. The van der Waals surface area contributed by atoms with Crippen molar-refractivity contribution in [2.24, 2.45) is 17.4 Å². The van der Waals surface area contributed by atoms with Gasteiger partial charge in [0.25, 0.3) is 0 Å². The van der Waals surface area contributed by atoms with Gasteiger partial charge < -0.3 is 79.7 Å². The molecule has 0 unspecified atom stereocenters. The molecule has 0 aromatic heterocycles. The Labute approximate surface area is 416 Å². The summed E-state index contributed by atoms with van der Waals surface area (Å²) in [5, 5.41) is 57.5. The standard InChI is InChI=1S/C42H61N11O18S/c1-4-19(2)34(53-35(63)20(3)47-36(64)22(43)13-28(44)54)41(69)51-25(15-33(61)62)39(67)50-23(10-11-31(57)58)37(65)45-16-29(55)48-24(14-32(59)60)38(66)46-17-30(56)49-27(18-72)40(68)52-26(42(70)71)12-21-8-6-5-7-9-21/h5-9,19-20,22-27,34,72H,4,10-18,43H2,1-3H3,(H2,44,54)(H,45,65)(H,46,66)(H,47,64)(H,48,55)(H,49,56)(H,50,67)(H,51,69)(H,52,68)(H,53,63)(H,57,58)(H,59,60)(H,61,62)(H,70,71)/t19-,20-,22-,23-,24-,25-,26-,27-,34-/m0/s1. The van der Waals surface area contributed by atoms with Crippen LogP contribution in [-0.2, 0) is 73.5 Å². The van der Waals surface area contributed by atoms with Crippen LogP contribution in [0.15, 0.2) is 30.3 Å². The smallest absolute Gasteiger partial charge is 0.326 e. The molecule has 9 atom stereocenters. The van der Waals surface area contributed by atoms with Crippen molar-refractivity contribution in [3.05, 3.63) is 35.9 Å². The lowest BCUT2D eigenvalue weighted by molar-refractivity contribution is -0.142. The van der Waals surface area contributed by atoms with Gasteiger partial charge in [-0.1, -0.05) is 50.6 Å². The van der Waals surface area contributed by atoms with Crippen LogP contribution in [0, 0.1) is 5.92 Å². The molecule has 0 fully saturated rings. The van der Waals surface area contributed by atoms with Crippen LogP contribution in [0.4, 0.5) is 0 Å². The predicted octanol–water partition coefficient (Wildman–Crippen LogP) is -6.05. The number of nitrogens with two attached hydrogens (primary N) is 2. The summed E-state index contributed by atoms with van der Waals surface area (Å²) in [6.07, 6.45) is -4.03. The number of nitrogens with one attached hydrogen (secondary N) is 9. The van der Waals surface area contributed by atoms with E-state index in [-0.39, 0.29) is 18.6 Å². The number of hydrogen-bond acceptors (Lipinski definition) is 16. The monoisotopic (exact) mass is 1040 g/mol. The van der Waals surface area contributed by atoms with Gasteiger partial charge in [-0.15, -0.1) is 0 Å². The fourth-order valence-corrected chi connectivity index (χ4v) is 6.36. The van der Waals surface area contributed by atoms with E-state index in [2.05, 4.69) is 55.2 Å². The lowest BCUT2D eigenvalue weighted by Gasteiger charge is -2.28. The summed E-state index contributed by atoms with van der Waals surface area (Å²) >= 11 is 4.01. The number of aliphatic carboxylic acids is 4. The minimum Gasteiger partial charge on any atom is -0.481 e. The maximum absolute atomic E-state index is 13.5. The molecule has 1 aromatic rings. The first-order chi connectivity index (χ1) is 33.7. The summed E-state index contributed by atoms with van der Waals surface area (Å²) in [5.41, 5.74) is 11.2. The molecule has 72 heavy (non-hydrogen) atoms. The highest BCUT2D eigenvalue weighted by Crippen LogP contribution is 2.11. The first kappa shape index (κ1) is 62.1. The van der Waals surface area contributed by atoms with Crippen LogP contribution in [0.2, 0.25) is 0 Å². The van der Waals surface area contributed by atoms with Crippen LogP contribution in [-0.4, -0.2) is 171 Å². The van der Waals surface area contributed by atoms with E-state index in [0.29, 0.717) is 5.56 Å². The molecule has 0 radical (unpaired) electrons. The highest BCUT2D eigenvalue weighted by molar-refractivity contribution is 7.80. The van der Waals surface area contributed by atoms with Crippen LogP contribution in [0.5, 0.6) is 0 Å². The first-order valence-corrected chi connectivity index (χ1v) is 22.5. The topological polar surface area (TPSA) is 480 Å². The Kier molecular flexibility index (Phi) is 27.1. The van der Waals surface area contributed by atoms with Crippen molar-refractivity contribution >= 4 is 95.6 Å². The van der Waals surface area contributed by atoms with Crippen molar-refractivity contribution in [2.45, 2.75) is 114 Å². The van der Waals surface area contributed by atoms with E-state index in [1.807, 2.05) is 5.32 Å². The van der Waals surface area contributed by atoms with Gasteiger partial charge in [-0.3, -0.25) is 62.3 Å². The zero-order valence-electron chi connectivity index (χ0n) is 39.3. The van der Waals surface area contributed by atoms with Gasteiger partial charge in [-0.05, 0) is 24.8 Å². The Morgan fingerprint density at radius 2 is 1.04 bits per heavy atom. The van der Waals surface area contributed by atoms with Gasteiger partial charge >= 0.3 is 23.9 Å². The molecule has 1 rings (SSSR count). The summed E-state index contributed by atoms with van der Waals surface area (Å²) in [4.78, 5) is 175. The Balaban J connectivity index is 3.06. The molecule has 0 saturated carbocycles. The molecule has 17 N–H and O–H groups in total. The van der Waals surface area contributed by atoms with E-state index in [0.717, 1.165) is 0 Å². The number of carbonyl (C=O) groups is 14. The molecule has 0 bridgehead atoms. The van der Waals surface area contributed by atoms with Crippen LogP contribution in [0.3, 0.4) is 0 Å². The Hall–Kier alpha value is -7.89. The SMILES string of the molecule is CC[C@H](C)[C@H](NC(=O)[C@H](C)NC(=O)[C@@H](N)CC(N)=O)C(=O)N[C@@H](CC(=O)O)C(=O)N[C@@H](CCC(=O)O)C(=O)NCC(=O)N[C@@H](CC(=O)O)C(=O)NCC(=O)N[C@@H](CS)C(=O)N[C@@H](Cc1ccccc1)C(=O)O. The lowest BCUT2D eigenvalue weighted by atomic mass is 9.97. The van der Waals surface area contributed by atoms with E-state index < -0.39 is 182 Å². The van der Waals surface area contributed by atoms with E-state index in [1.54, 1.807) is 37.3 Å². The molecule has 30 heteroatoms. The second-order valence-corrected chi connectivity index (χ2v) is 16.4. The number of carbonyl (C=O) groups excluding carboxylic acids is 10. The fourth-order valence-electron chi connectivity index (χ4n) is 6.10. The highest BCUT2D eigenvalue weighted by atomic mass is 32.1. The van der Waals surface area contributed by atoms with Gasteiger partial charge in [0.05, 0.1) is 38.4 Å². The summed E-state index contributed by atoms with van der Waals surface area (Å²) < 4.78 is 0. The maximum atomic E-state index is 13.5. The average molecular weight is 1040 g/mol.